The fourth-order valence-electron chi connectivity index (χ4n) is 2.34. The minimum Gasteiger partial charge on any atom is -0.493 e. The molecule has 1 aromatic carbocycles. The summed E-state index contributed by atoms with van der Waals surface area (Å²) in [5, 5.41) is 4.38. The Bertz CT molecular complexity index is 765. The third-order valence-electron chi connectivity index (χ3n) is 3.50. The Morgan fingerprint density at radius 2 is 2.00 bits per heavy atom. The van der Waals surface area contributed by atoms with E-state index < -0.39 is 0 Å². The fraction of sp³-hybridized carbons (Fsp3) is 0.235. The van der Waals surface area contributed by atoms with Gasteiger partial charge in [0, 0.05) is 11.5 Å². The van der Waals surface area contributed by atoms with E-state index in [-0.39, 0.29) is 6.04 Å². The highest BCUT2D eigenvalue weighted by Crippen LogP contribution is 2.31. The number of rotatable bonds is 5. The number of furan rings is 1. The van der Waals surface area contributed by atoms with Crippen molar-refractivity contribution in [1.29, 1.82) is 0 Å². The van der Waals surface area contributed by atoms with E-state index >= 15 is 0 Å². The molecule has 0 fully saturated rings. The summed E-state index contributed by atoms with van der Waals surface area (Å²) < 4.78 is 16.3. The van der Waals surface area contributed by atoms with Crippen LogP contribution in [0.15, 0.2) is 47.0 Å². The number of nitrogens with one attached hydrogen (secondary N) is 1. The van der Waals surface area contributed by atoms with Crippen molar-refractivity contribution in [3.05, 3.63) is 48.4 Å². The molecule has 0 spiro atoms. The minimum atomic E-state index is 0.00676. The van der Waals surface area contributed by atoms with Crippen molar-refractivity contribution < 1.29 is 13.9 Å². The minimum absolute atomic E-state index is 0.00676. The van der Waals surface area contributed by atoms with E-state index in [1.165, 1.54) is 0 Å². The average Bonchev–Trinajstić information content (AvgIpc) is 2.99. The van der Waals surface area contributed by atoms with Crippen molar-refractivity contribution in [1.82, 2.24) is 4.98 Å². The Hall–Kier alpha value is -2.69. The number of methoxy groups -OCH3 is 2. The Morgan fingerprint density at radius 1 is 1.14 bits per heavy atom. The summed E-state index contributed by atoms with van der Waals surface area (Å²) in [6, 6.07) is 11.6. The molecule has 2 heterocycles. The van der Waals surface area contributed by atoms with Crippen LogP contribution in [-0.4, -0.2) is 19.2 Å². The number of anilines is 1. The molecule has 0 saturated heterocycles. The van der Waals surface area contributed by atoms with Gasteiger partial charge in [-0.2, -0.15) is 0 Å². The zero-order chi connectivity index (χ0) is 15.5. The van der Waals surface area contributed by atoms with Crippen molar-refractivity contribution in [3.8, 4) is 11.6 Å². The predicted molar refractivity (Wildman–Crippen MR) is 85.6 cm³/mol. The second kappa shape index (κ2) is 5.97. The third-order valence-corrected chi connectivity index (χ3v) is 3.50. The third kappa shape index (κ3) is 2.70. The molecule has 0 bridgehead atoms. The van der Waals surface area contributed by atoms with Crippen LogP contribution in [0.4, 0.5) is 5.69 Å². The van der Waals surface area contributed by atoms with Gasteiger partial charge in [-0.05, 0) is 25.1 Å². The van der Waals surface area contributed by atoms with Gasteiger partial charge in [-0.25, -0.2) is 4.98 Å². The highest BCUT2D eigenvalue weighted by molar-refractivity contribution is 5.83. The summed E-state index contributed by atoms with van der Waals surface area (Å²) in [6.45, 7) is 2.04. The number of aromatic nitrogens is 1. The maximum atomic E-state index is 5.94. The standard InChI is InChI=1S/C17H18N2O3/c1-11(19-13-7-8-16(21-3)18-10-13)15-9-12-5-4-6-14(20-2)17(12)22-15/h4-11,19H,1-3H3. The number of para-hydroxylation sites is 1. The van der Waals surface area contributed by atoms with Crippen LogP contribution in [0.5, 0.6) is 11.6 Å². The summed E-state index contributed by atoms with van der Waals surface area (Å²) in [5.74, 6) is 2.17. The van der Waals surface area contributed by atoms with Crippen molar-refractivity contribution in [2.24, 2.45) is 0 Å². The molecule has 114 valence electrons. The number of hydrogen-bond donors (Lipinski definition) is 1. The lowest BCUT2D eigenvalue weighted by Gasteiger charge is -2.12. The quantitative estimate of drug-likeness (QED) is 0.771. The van der Waals surface area contributed by atoms with Crippen LogP contribution in [0.3, 0.4) is 0 Å². The van der Waals surface area contributed by atoms with E-state index in [9.17, 15) is 0 Å². The lowest BCUT2D eigenvalue weighted by molar-refractivity contribution is 0.398. The smallest absolute Gasteiger partial charge is 0.213 e. The van der Waals surface area contributed by atoms with Crippen LogP contribution in [0.2, 0.25) is 0 Å². The van der Waals surface area contributed by atoms with Crippen molar-refractivity contribution in [2.75, 3.05) is 19.5 Å². The molecule has 0 aliphatic rings. The number of ether oxygens (including phenoxy) is 2. The Balaban J connectivity index is 1.83. The van der Waals surface area contributed by atoms with Crippen LogP contribution < -0.4 is 14.8 Å². The SMILES string of the molecule is COc1ccc(NC(C)c2cc3cccc(OC)c3o2)cn1. The first kappa shape index (κ1) is 14.3. The number of nitrogens with zero attached hydrogens (tertiary/aromatic N) is 1. The summed E-state index contributed by atoms with van der Waals surface area (Å²) in [4.78, 5) is 4.18. The van der Waals surface area contributed by atoms with E-state index in [4.69, 9.17) is 13.9 Å². The Labute approximate surface area is 128 Å². The second-order valence-electron chi connectivity index (χ2n) is 4.98. The van der Waals surface area contributed by atoms with Crippen LogP contribution in [-0.2, 0) is 0 Å². The summed E-state index contributed by atoms with van der Waals surface area (Å²) in [7, 11) is 3.24. The van der Waals surface area contributed by atoms with Gasteiger partial charge >= 0.3 is 0 Å². The molecule has 0 amide bonds. The zero-order valence-electron chi connectivity index (χ0n) is 12.8. The molecule has 0 aliphatic heterocycles. The topological polar surface area (TPSA) is 56.5 Å². The number of fused-ring (bicyclic) bond motifs is 1. The van der Waals surface area contributed by atoms with Crippen LogP contribution >= 0.6 is 0 Å². The van der Waals surface area contributed by atoms with Gasteiger partial charge in [-0.15, -0.1) is 0 Å². The summed E-state index contributed by atoms with van der Waals surface area (Å²) in [5.41, 5.74) is 1.67. The van der Waals surface area contributed by atoms with E-state index in [0.29, 0.717) is 5.88 Å². The van der Waals surface area contributed by atoms with Gasteiger partial charge in [0.1, 0.15) is 5.76 Å². The van der Waals surface area contributed by atoms with Crippen molar-refractivity contribution in [2.45, 2.75) is 13.0 Å². The second-order valence-corrected chi connectivity index (χ2v) is 4.98. The molecule has 0 radical (unpaired) electrons. The highest BCUT2D eigenvalue weighted by atomic mass is 16.5. The number of benzene rings is 1. The molecule has 5 nitrogen and oxygen atoms in total. The first-order valence-corrected chi connectivity index (χ1v) is 7.04. The van der Waals surface area contributed by atoms with E-state index in [0.717, 1.165) is 28.2 Å². The number of hydrogen-bond acceptors (Lipinski definition) is 5. The molecule has 5 heteroatoms. The molecule has 0 saturated carbocycles. The molecule has 3 rings (SSSR count). The predicted octanol–water partition coefficient (Wildman–Crippen LogP) is 4.02. The molecule has 22 heavy (non-hydrogen) atoms. The Morgan fingerprint density at radius 3 is 2.68 bits per heavy atom. The van der Waals surface area contributed by atoms with Gasteiger partial charge in [-0.1, -0.05) is 12.1 Å². The molecule has 1 atom stereocenters. The zero-order valence-corrected chi connectivity index (χ0v) is 12.8. The molecule has 1 unspecified atom stereocenters. The number of pyridine rings is 1. The van der Waals surface area contributed by atoms with Gasteiger partial charge in [0.15, 0.2) is 11.3 Å². The van der Waals surface area contributed by atoms with E-state index in [1.54, 1.807) is 20.4 Å². The molecule has 0 aliphatic carbocycles. The molecule has 1 N–H and O–H groups in total. The van der Waals surface area contributed by atoms with Gasteiger partial charge in [0.05, 0.1) is 32.1 Å². The average molecular weight is 298 g/mol. The largest absolute Gasteiger partial charge is 0.493 e. The maximum absolute atomic E-state index is 5.94. The monoisotopic (exact) mass is 298 g/mol. The van der Waals surface area contributed by atoms with Crippen LogP contribution in [0.1, 0.15) is 18.7 Å². The van der Waals surface area contributed by atoms with Gasteiger partial charge in [0.2, 0.25) is 5.88 Å². The molecular weight excluding hydrogens is 280 g/mol. The van der Waals surface area contributed by atoms with E-state index in [2.05, 4.69) is 10.3 Å². The lowest BCUT2D eigenvalue weighted by Crippen LogP contribution is -2.05. The van der Waals surface area contributed by atoms with Gasteiger partial charge in [-0.3, -0.25) is 0 Å². The summed E-state index contributed by atoms with van der Waals surface area (Å²) >= 11 is 0. The van der Waals surface area contributed by atoms with Crippen molar-refractivity contribution >= 4 is 16.7 Å². The molecule has 3 aromatic rings. The fourth-order valence-corrected chi connectivity index (χ4v) is 2.34. The van der Waals surface area contributed by atoms with Crippen molar-refractivity contribution in [3.63, 3.8) is 0 Å². The van der Waals surface area contributed by atoms with Crippen LogP contribution in [0.25, 0.3) is 11.0 Å². The molecule has 2 aromatic heterocycles. The molecular formula is C17H18N2O3. The lowest BCUT2D eigenvalue weighted by atomic mass is 10.2. The first-order chi connectivity index (χ1) is 10.7. The van der Waals surface area contributed by atoms with Gasteiger partial charge < -0.3 is 19.2 Å². The normalized spacial score (nSPS) is 12.1. The maximum Gasteiger partial charge on any atom is 0.213 e. The van der Waals surface area contributed by atoms with E-state index in [1.807, 2.05) is 43.3 Å². The summed E-state index contributed by atoms with van der Waals surface area (Å²) in [6.07, 6.45) is 1.73. The van der Waals surface area contributed by atoms with Crippen LogP contribution in [0, 0.1) is 0 Å². The highest BCUT2D eigenvalue weighted by Gasteiger charge is 2.14. The first-order valence-electron chi connectivity index (χ1n) is 7.04. The Kier molecular flexibility index (Phi) is 3.87. The van der Waals surface area contributed by atoms with Gasteiger partial charge in [0.25, 0.3) is 0 Å².